The molecule has 1 aromatic carbocycles. The molecular formula is C16H16F2N2O5. The molecule has 134 valence electrons. The van der Waals surface area contributed by atoms with E-state index in [1.807, 2.05) is 0 Å². The van der Waals surface area contributed by atoms with Gasteiger partial charge in [0, 0.05) is 18.1 Å². The van der Waals surface area contributed by atoms with Crippen LogP contribution in [0.1, 0.15) is 12.0 Å². The molecule has 9 heteroatoms. The van der Waals surface area contributed by atoms with Gasteiger partial charge in [-0.25, -0.2) is 18.4 Å². The summed E-state index contributed by atoms with van der Waals surface area (Å²) in [6, 6.07) is 2.86. The number of methoxy groups -OCH3 is 1. The molecular weight excluding hydrogens is 338 g/mol. The molecule has 1 aliphatic rings. The molecule has 0 aromatic heterocycles. The van der Waals surface area contributed by atoms with E-state index in [4.69, 9.17) is 5.11 Å². The molecule has 1 aliphatic heterocycles. The lowest BCUT2D eigenvalue weighted by molar-refractivity contribution is -0.134. The lowest BCUT2D eigenvalue weighted by Gasteiger charge is -2.20. The fourth-order valence-electron chi connectivity index (χ4n) is 2.46. The molecule has 0 radical (unpaired) electrons. The third-order valence-corrected chi connectivity index (χ3v) is 3.69. The van der Waals surface area contributed by atoms with Gasteiger partial charge in [-0.15, -0.1) is 0 Å². The summed E-state index contributed by atoms with van der Waals surface area (Å²) in [6.07, 6.45) is -0.975. The summed E-state index contributed by atoms with van der Waals surface area (Å²) in [6.45, 7) is -0.405. The number of carboxylic acid groups (broad SMARTS) is 1. The number of hydrogen-bond donors (Lipinski definition) is 2. The standard InChI is InChI=1S/C16H16F2N2O5/c1-25-13(21)6-5-9-3-2-4-11(14(9)18)19-15(22)12-7-10(17)8-20(12)16(23)24/h2-6,10,12H,7-8H2,1H3,(H,19,22)(H,23,24)/b6-5+/t10-,12+/m1/s1. The number of amides is 2. The van der Waals surface area contributed by atoms with Crippen LogP contribution in [0.2, 0.25) is 0 Å². The van der Waals surface area contributed by atoms with Crippen LogP contribution in [0.25, 0.3) is 6.08 Å². The van der Waals surface area contributed by atoms with Crippen molar-refractivity contribution in [3.8, 4) is 0 Å². The first-order valence-electron chi connectivity index (χ1n) is 7.32. The maximum atomic E-state index is 14.4. The number of nitrogens with zero attached hydrogens (tertiary/aromatic N) is 1. The van der Waals surface area contributed by atoms with Crippen LogP contribution in [0.4, 0.5) is 19.3 Å². The van der Waals surface area contributed by atoms with Crippen LogP contribution in [0.5, 0.6) is 0 Å². The van der Waals surface area contributed by atoms with Crippen LogP contribution in [0.3, 0.4) is 0 Å². The fraction of sp³-hybridized carbons (Fsp3) is 0.312. The molecule has 1 saturated heterocycles. The van der Waals surface area contributed by atoms with Crippen molar-refractivity contribution >= 4 is 29.7 Å². The number of rotatable bonds is 4. The third kappa shape index (κ3) is 4.31. The fourth-order valence-corrected chi connectivity index (χ4v) is 2.46. The second-order valence-corrected chi connectivity index (χ2v) is 5.34. The van der Waals surface area contributed by atoms with Gasteiger partial charge < -0.3 is 15.2 Å². The smallest absolute Gasteiger partial charge is 0.408 e. The van der Waals surface area contributed by atoms with Crippen LogP contribution in [-0.4, -0.2) is 53.8 Å². The van der Waals surface area contributed by atoms with E-state index >= 15 is 0 Å². The van der Waals surface area contributed by atoms with E-state index in [-0.39, 0.29) is 17.7 Å². The third-order valence-electron chi connectivity index (χ3n) is 3.69. The van der Waals surface area contributed by atoms with Gasteiger partial charge in [0.25, 0.3) is 0 Å². The average molecular weight is 354 g/mol. The van der Waals surface area contributed by atoms with Crippen LogP contribution >= 0.6 is 0 Å². The highest BCUT2D eigenvalue weighted by atomic mass is 19.1. The van der Waals surface area contributed by atoms with E-state index in [1.54, 1.807) is 0 Å². The zero-order valence-corrected chi connectivity index (χ0v) is 13.2. The van der Waals surface area contributed by atoms with E-state index in [2.05, 4.69) is 10.1 Å². The largest absolute Gasteiger partial charge is 0.466 e. The van der Waals surface area contributed by atoms with Gasteiger partial charge >= 0.3 is 12.1 Å². The molecule has 25 heavy (non-hydrogen) atoms. The summed E-state index contributed by atoms with van der Waals surface area (Å²) >= 11 is 0. The summed E-state index contributed by atoms with van der Waals surface area (Å²) < 4.78 is 32.2. The first kappa shape index (κ1) is 18.4. The van der Waals surface area contributed by atoms with Gasteiger partial charge in [-0.3, -0.25) is 9.69 Å². The predicted octanol–water partition coefficient (Wildman–Crippen LogP) is 2.04. The van der Waals surface area contributed by atoms with Gasteiger partial charge in [0.15, 0.2) is 5.82 Å². The Morgan fingerprint density at radius 1 is 1.40 bits per heavy atom. The van der Waals surface area contributed by atoms with Crippen molar-refractivity contribution in [3.63, 3.8) is 0 Å². The quantitative estimate of drug-likeness (QED) is 0.637. The maximum Gasteiger partial charge on any atom is 0.408 e. The topological polar surface area (TPSA) is 95.9 Å². The summed E-state index contributed by atoms with van der Waals surface area (Å²) in [5.74, 6) is -2.31. The van der Waals surface area contributed by atoms with E-state index in [1.165, 1.54) is 31.4 Å². The second kappa shape index (κ2) is 7.73. The average Bonchev–Trinajstić information content (AvgIpc) is 2.97. The highest BCUT2D eigenvalue weighted by molar-refractivity contribution is 5.97. The Balaban J connectivity index is 2.17. The summed E-state index contributed by atoms with van der Waals surface area (Å²) in [5, 5.41) is 11.3. The van der Waals surface area contributed by atoms with Crippen molar-refractivity contribution < 1.29 is 33.0 Å². The SMILES string of the molecule is COC(=O)/C=C/c1cccc(NC(=O)[C@@H]2C[C@@H](F)CN2C(=O)O)c1F. The van der Waals surface area contributed by atoms with E-state index in [0.717, 1.165) is 6.08 Å². The Kier molecular flexibility index (Phi) is 5.68. The highest BCUT2D eigenvalue weighted by Gasteiger charge is 2.40. The summed E-state index contributed by atoms with van der Waals surface area (Å²) in [7, 11) is 1.17. The van der Waals surface area contributed by atoms with Crippen molar-refractivity contribution in [2.24, 2.45) is 0 Å². The number of esters is 1. The number of carbonyl (C=O) groups excluding carboxylic acids is 2. The number of likely N-dealkylation sites (tertiary alicyclic amines) is 1. The van der Waals surface area contributed by atoms with Crippen molar-refractivity contribution in [1.29, 1.82) is 0 Å². The molecule has 1 fully saturated rings. The molecule has 0 aliphatic carbocycles. The van der Waals surface area contributed by atoms with E-state index < -0.39 is 42.5 Å². The molecule has 0 saturated carbocycles. The number of ether oxygens (including phenoxy) is 1. The zero-order chi connectivity index (χ0) is 18.6. The number of halogens is 2. The van der Waals surface area contributed by atoms with Gasteiger partial charge in [-0.1, -0.05) is 12.1 Å². The second-order valence-electron chi connectivity index (χ2n) is 5.34. The minimum absolute atomic E-state index is 0.0214. The van der Waals surface area contributed by atoms with Crippen LogP contribution in [0, 0.1) is 5.82 Å². The lowest BCUT2D eigenvalue weighted by Crippen LogP contribution is -2.42. The van der Waals surface area contributed by atoms with Gasteiger partial charge in [-0.2, -0.15) is 0 Å². The Hall–Kier alpha value is -2.97. The molecule has 0 spiro atoms. The summed E-state index contributed by atoms with van der Waals surface area (Å²) in [4.78, 5) is 35.0. The normalized spacial score (nSPS) is 19.9. The van der Waals surface area contributed by atoms with Crippen molar-refractivity contribution in [3.05, 3.63) is 35.7 Å². The Morgan fingerprint density at radius 2 is 2.12 bits per heavy atom. The minimum atomic E-state index is -1.45. The molecule has 2 rings (SSSR count). The van der Waals surface area contributed by atoms with E-state index in [0.29, 0.717) is 4.90 Å². The molecule has 0 bridgehead atoms. The number of carbonyl (C=O) groups is 3. The monoisotopic (exact) mass is 354 g/mol. The van der Waals surface area contributed by atoms with Crippen molar-refractivity contribution in [2.45, 2.75) is 18.6 Å². The van der Waals surface area contributed by atoms with Gasteiger partial charge in [0.05, 0.1) is 19.3 Å². The first-order valence-corrected chi connectivity index (χ1v) is 7.32. The molecule has 2 atom stereocenters. The number of anilines is 1. The van der Waals surface area contributed by atoms with Crippen molar-refractivity contribution in [1.82, 2.24) is 4.90 Å². The predicted molar refractivity (Wildman–Crippen MR) is 84.1 cm³/mol. The van der Waals surface area contributed by atoms with Crippen molar-refractivity contribution in [2.75, 3.05) is 19.0 Å². The molecule has 0 unspecified atom stereocenters. The number of nitrogens with one attached hydrogen (secondary N) is 1. The molecule has 7 nitrogen and oxygen atoms in total. The van der Waals surface area contributed by atoms with Crippen LogP contribution in [-0.2, 0) is 14.3 Å². The number of benzene rings is 1. The Labute approximate surface area is 141 Å². The minimum Gasteiger partial charge on any atom is -0.466 e. The maximum absolute atomic E-state index is 14.4. The molecule has 2 amide bonds. The Bertz CT molecular complexity index is 722. The Morgan fingerprint density at radius 3 is 2.76 bits per heavy atom. The van der Waals surface area contributed by atoms with Gasteiger partial charge in [0.1, 0.15) is 12.2 Å². The number of hydrogen-bond acceptors (Lipinski definition) is 4. The molecule has 1 heterocycles. The van der Waals surface area contributed by atoms with Gasteiger partial charge in [-0.05, 0) is 12.1 Å². The first-order chi connectivity index (χ1) is 11.8. The van der Waals surface area contributed by atoms with E-state index in [9.17, 15) is 23.2 Å². The molecule has 2 N–H and O–H groups in total. The van der Waals surface area contributed by atoms with Crippen LogP contribution in [0.15, 0.2) is 24.3 Å². The molecule has 1 aromatic rings. The zero-order valence-electron chi connectivity index (χ0n) is 13.2. The lowest BCUT2D eigenvalue weighted by atomic mass is 10.1. The summed E-state index contributed by atoms with van der Waals surface area (Å²) in [5.41, 5.74) is -0.183. The van der Waals surface area contributed by atoms with Gasteiger partial charge in [0.2, 0.25) is 5.91 Å². The van der Waals surface area contributed by atoms with Crippen LogP contribution < -0.4 is 5.32 Å². The number of alkyl halides is 1. The highest BCUT2D eigenvalue weighted by Crippen LogP contribution is 2.24.